The number of alkyl halides is 3. The lowest BCUT2D eigenvalue weighted by atomic mass is 10.1. The van der Waals surface area contributed by atoms with E-state index in [1.165, 1.54) is 24.3 Å². The molecule has 7 nitrogen and oxygen atoms in total. The zero-order chi connectivity index (χ0) is 24.6. The first-order valence-corrected chi connectivity index (χ1v) is 10.8. The average molecular weight is 485 g/mol. The molecule has 0 N–H and O–H groups in total. The molecule has 0 bridgehead atoms. The van der Waals surface area contributed by atoms with Gasteiger partial charge in [0, 0.05) is 55.8 Å². The monoisotopic (exact) mass is 485 g/mol. The summed E-state index contributed by atoms with van der Waals surface area (Å²) >= 11 is 0. The Kier molecular flexibility index (Phi) is 5.75. The van der Waals surface area contributed by atoms with Crippen LogP contribution < -0.4 is 9.64 Å². The van der Waals surface area contributed by atoms with Crippen LogP contribution in [0.4, 0.5) is 23.2 Å². The molecule has 0 aliphatic carbocycles. The second-order valence-electron chi connectivity index (χ2n) is 7.94. The third kappa shape index (κ3) is 4.75. The van der Waals surface area contributed by atoms with Crippen molar-refractivity contribution in [1.29, 1.82) is 0 Å². The fourth-order valence-electron chi connectivity index (χ4n) is 4.15. The van der Waals surface area contributed by atoms with Gasteiger partial charge in [-0.1, -0.05) is 0 Å². The summed E-state index contributed by atoms with van der Waals surface area (Å²) in [5, 5.41) is 0.589. The maximum atomic E-state index is 14.0. The number of hydrogen-bond donors (Lipinski definition) is 0. The summed E-state index contributed by atoms with van der Waals surface area (Å²) < 4.78 is 56.6. The first-order chi connectivity index (χ1) is 16.8. The van der Waals surface area contributed by atoms with Crippen molar-refractivity contribution in [2.75, 3.05) is 31.1 Å². The molecule has 1 amide bonds. The summed E-state index contributed by atoms with van der Waals surface area (Å²) in [5.41, 5.74) is 1.63. The molecule has 2 aromatic heterocycles. The third-order valence-electron chi connectivity index (χ3n) is 5.77. The molecule has 1 aliphatic heterocycles. The lowest BCUT2D eigenvalue weighted by Gasteiger charge is -2.36. The molecule has 1 saturated heterocycles. The standard InChI is InChI=1S/C24H19F4N5O2/c25-16-2-7-19-20(15-33(21(19)14-16)23-29-8-1-9-30-23)22(34)32-12-10-31(11-13-32)17-3-5-18(6-4-17)35-24(26,27)28/h1-9,14-15H,10-13H2. The largest absolute Gasteiger partial charge is 0.573 e. The van der Waals surface area contributed by atoms with Gasteiger partial charge >= 0.3 is 6.36 Å². The number of aromatic nitrogens is 3. The fourth-order valence-corrected chi connectivity index (χ4v) is 4.15. The number of rotatable bonds is 4. The molecule has 11 heteroatoms. The molecule has 1 fully saturated rings. The van der Waals surface area contributed by atoms with Gasteiger partial charge in [0.25, 0.3) is 5.91 Å². The van der Waals surface area contributed by atoms with Crippen molar-refractivity contribution in [1.82, 2.24) is 19.4 Å². The molecule has 0 radical (unpaired) electrons. The molecule has 5 rings (SSSR count). The SMILES string of the molecule is O=C(c1cn(-c2ncccn2)c2cc(F)ccc12)N1CCN(c2ccc(OC(F)(F)F)cc2)CC1. The summed E-state index contributed by atoms with van der Waals surface area (Å²) in [6, 6.07) is 11.5. The molecule has 0 saturated carbocycles. The van der Waals surface area contributed by atoms with Gasteiger partial charge in [0.05, 0.1) is 11.1 Å². The van der Waals surface area contributed by atoms with E-state index in [1.54, 1.807) is 52.3 Å². The molecule has 180 valence electrons. The zero-order valence-electron chi connectivity index (χ0n) is 18.2. The Morgan fingerprint density at radius 3 is 2.29 bits per heavy atom. The van der Waals surface area contributed by atoms with E-state index in [-0.39, 0.29) is 11.7 Å². The highest BCUT2D eigenvalue weighted by Crippen LogP contribution is 2.28. The Bertz CT molecular complexity index is 1350. The van der Waals surface area contributed by atoms with Crippen LogP contribution in [0, 0.1) is 5.82 Å². The predicted molar refractivity (Wildman–Crippen MR) is 120 cm³/mol. The second-order valence-corrected chi connectivity index (χ2v) is 7.94. The molecule has 2 aromatic carbocycles. The van der Waals surface area contributed by atoms with Crippen LogP contribution in [-0.2, 0) is 0 Å². The number of amides is 1. The quantitative estimate of drug-likeness (QED) is 0.401. The molecular weight excluding hydrogens is 466 g/mol. The summed E-state index contributed by atoms with van der Waals surface area (Å²) in [6.45, 7) is 1.82. The lowest BCUT2D eigenvalue weighted by molar-refractivity contribution is -0.274. The summed E-state index contributed by atoms with van der Waals surface area (Å²) in [5.74, 6) is -0.605. The Morgan fingerprint density at radius 1 is 0.943 bits per heavy atom. The van der Waals surface area contributed by atoms with Crippen LogP contribution in [-0.4, -0.2) is 57.9 Å². The van der Waals surface area contributed by atoms with E-state index in [4.69, 9.17) is 0 Å². The van der Waals surface area contributed by atoms with Crippen molar-refractivity contribution in [2.45, 2.75) is 6.36 Å². The van der Waals surface area contributed by atoms with E-state index in [9.17, 15) is 22.4 Å². The Balaban J connectivity index is 1.33. The van der Waals surface area contributed by atoms with Crippen molar-refractivity contribution in [3.63, 3.8) is 0 Å². The number of anilines is 1. The normalized spacial score (nSPS) is 14.4. The Labute approximate surface area is 197 Å². The highest BCUT2D eigenvalue weighted by Gasteiger charge is 2.31. The van der Waals surface area contributed by atoms with Crippen LogP contribution in [0.1, 0.15) is 10.4 Å². The van der Waals surface area contributed by atoms with Crippen molar-refractivity contribution in [2.24, 2.45) is 0 Å². The summed E-state index contributed by atoms with van der Waals surface area (Å²) in [7, 11) is 0. The van der Waals surface area contributed by atoms with Crippen molar-refractivity contribution >= 4 is 22.5 Å². The maximum Gasteiger partial charge on any atom is 0.573 e. The van der Waals surface area contributed by atoms with Crippen molar-refractivity contribution in [3.05, 3.63) is 78.5 Å². The van der Waals surface area contributed by atoms with Crippen LogP contribution in [0.25, 0.3) is 16.9 Å². The van der Waals surface area contributed by atoms with Gasteiger partial charge in [-0.2, -0.15) is 0 Å². The highest BCUT2D eigenvalue weighted by atomic mass is 19.4. The molecule has 0 unspecified atom stereocenters. The van der Waals surface area contributed by atoms with E-state index in [0.29, 0.717) is 48.6 Å². The Hall–Kier alpha value is -4.15. The molecular formula is C24H19F4N5O2. The first kappa shape index (κ1) is 22.6. The number of carbonyl (C=O) groups is 1. The van der Waals surface area contributed by atoms with E-state index in [0.717, 1.165) is 5.69 Å². The average Bonchev–Trinajstić information content (AvgIpc) is 3.22. The molecule has 4 aromatic rings. The number of benzene rings is 2. The molecule has 0 atom stereocenters. The topological polar surface area (TPSA) is 63.5 Å². The third-order valence-corrected chi connectivity index (χ3v) is 5.77. The molecule has 1 aliphatic rings. The summed E-state index contributed by atoms with van der Waals surface area (Å²) in [6.07, 6.45) is 0.00842. The number of carbonyl (C=O) groups excluding carboxylic acids is 1. The fraction of sp³-hybridized carbons (Fsp3) is 0.208. The van der Waals surface area contributed by atoms with Gasteiger partial charge in [-0.05, 0) is 48.5 Å². The minimum absolute atomic E-state index is 0.204. The van der Waals surface area contributed by atoms with Crippen molar-refractivity contribution < 1.29 is 27.1 Å². The van der Waals surface area contributed by atoms with E-state index >= 15 is 0 Å². The number of nitrogens with zero attached hydrogens (tertiary/aromatic N) is 5. The number of piperazine rings is 1. The van der Waals surface area contributed by atoms with Crippen LogP contribution in [0.15, 0.2) is 67.1 Å². The molecule has 3 heterocycles. The number of fused-ring (bicyclic) bond motifs is 1. The van der Waals surface area contributed by atoms with Gasteiger partial charge in [0.2, 0.25) is 5.95 Å². The van der Waals surface area contributed by atoms with Gasteiger partial charge in [0.1, 0.15) is 11.6 Å². The van der Waals surface area contributed by atoms with E-state index in [1.807, 2.05) is 4.90 Å². The van der Waals surface area contributed by atoms with Gasteiger partial charge < -0.3 is 14.5 Å². The maximum absolute atomic E-state index is 14.0. The van der Waals surface area contributed by atoms with Gasteiger partial charge in [0.15, 0.2) is 0 Å². The molecule has 35 heavy (non-hydrogen) atoms. The molecule has 0 spiro atoms. The van der Waals surface area contributed by atoms with Gasteiger partial charge in [-0.25, -0.2) is 14.4 Å². The van der Waals surface area contributed by atoms with Crippen LogP contribution in [0.3, 0.4) is 0 Å². The van der Waals surface area contributed by atoms with Gasteiger partial charge in [-0.3, -0.25) is 9.36 Å². The van der Waals surface area contributed by atoms with E-state index < -0.39 is 12.2 Å². The minimum atomic E-state index is -4.74. The number of halogens is 4. The number of ether oxygens (including phenoxy) is 1. The zero-order valence-corrected chi connectivity index (χ0v) is 18.2. The van der Waals surface area contributed by atoms with Crippen molar-refractivity contribution in [3.8, 4) is 11.7 Å². The second kappa shape index (κ2) is 8.90. The van der Waals surface area contributed by atoms with E-state index in [2.05, 4.69) is 14.7 Å². The minimum Gasteiger partial charge on any atom is -0.406 e. The van der Waals surface area contributed by atoms with Gasteiger partial charge in [-0.15, -0.1) is 13.2 Å². The highest BCUT2D eigenvalue weighted by molar-refractivity contribution is 6.07. The van der Waals surface area contributed by atoms with Crippen LogP contribution in [0.5, 0.6) is 5.75 Å². The van der Waals surface area contributed by atoms with Crippen LogP contribution >= 0.6 is 0 Å². The Morgan fingerprint density at radius 2 is 1.63 bits per heavy atom. The first-order valence-electron chi connectivity index (χ1n) is 10.8. The lowest BCUT2D eigenvalue weighted by Crippen LogP contribution is -2.48. The number of hydrogen-bond acceptors (Lipinski definition) is 5. The smallest absolute Gasteiger partial charge is 0.406 e. The predicted octanol–water partition coefficient (Wildman–Crippen LogP) is 4.42. The van der Waals surface area contributed by atoms with Crippen LogP contribution in [0.2, 0.25) is 0 Å². The summed E-state index contributed by atoms with van der Waals surface area (Å²) in [4.78, 5) is 25.5.